The highest BCUT2D eigenvalue weighted by molar-refractivity contribution is 5.80. The maximum absolute atomic E-state index is 11.5. The number of carbonyl (C=O) groups is 1. The Bertz CT molecular complexity index is 396. The molecule has 0 atom stereocenters. The second-order valence-electron chi connectivity index (χ2n) is 3.84. The van der Waals surface area contributed by atoms with Crippen LogP contribution < -0.4 is 10.6 Å². The highest BCUT2D eigenvalue weighted by Crippen LogP contribution is 2.06. The van der Waals surface area contributed by atoms with Gasteiger partial charge in [0.05, 0.1) is 13.2 Å². The zero-order valence-electron chi connectivity index (χ0n) is 11.1. The standard InChI is InChI=1S/C12H20N4O2/c1-4-10-7-11(16-9(2)15-10)14-8-12(17)13-5-6-18-3/h7H,4-6,8H2,1-3H3,(H,13,17)(H,14,15,16). The molecule has 0 saturated carbocycles. The van der Waals surface area contributed by atoms with E-state index < -0.39 is 0 Å². The molecule has 0 unspecified atom stereocenters. The van der Waals surface area contributed by atoms with Crippen LogP contribution in [0.5, 0.6) is 0 Å². The van der Waals surface area contributed by atoms with E-state index in [2.05, 4.69) is 20.6 Å². The second-order valence-corrected chi connectivity index (χ2v) is 3.84. The van der Waals surface area contributed by atoms with Crippen molar-refractivity contribution in [1.29, 1.82) is 0 Å². The van der Waals surface area contributed by atoms with Crippen molar-refractivity contribution < 1.29 is 9.53 Å². The third-order valence-electron chi connectivity index (χ3n) is 2.31. The van der Waals surface area contributed by atoms with Crippen molar-refractivity contribution in [3.8, 4) is 0 Å². The molecule has 0 fully saturated rings. The van der Waals surface area contributed by atoms with Crippen molar-refractivity contribution in [3.05, 3.63) is 17.6 Å². The Kier molecular flexibility index (Phi) is 6.07. The molecule has 0 bridgehead atoms. The number of ether oxygens (including phenoxy) is 1. The van der Waals surface area contributed by atoms with Crippen LogP contribution in [0.1, 0.15) is 18.4 Å². The zero-order valence-corrected chi connectivity index (χ0v) is 11.1. The van der Waals surface area contributed by atoms with E-state index in [1.54, 1.807) is 7.11 Å². The summed E-state index contributed by atoms with van der Waals surface area (Å²) < 4.78 is 4.85. The van der Waals surface area contributed by atoms with Gasteiger partial charge in [-0.25, -0.2) is 9.97 Å². The maximum Gasteiger partial charge on any atom is 0.239 e. The summed E-state index contributed by atoms with van der Waals surface area (Å²) in [5.41, 5.74) is 0.963. The number of amides is 1. The van der Waals surface area contributed by atoms with Crippen LogP contribution in [0.25, 0.3) is 0 Å². The summed E-state index contributed by atoms with van der Waals surface area (Å²) in [5.74, 6) is 1.30. The molecule has 0 aliphatic carbocycles. The van der Waals surface area contributed by atoms with Gasteiger partial charge in [0, 0.05) is 25.4 Å². The minimum absolute atomic E-state index is 0.0821. The molecule has 2 N–H and O–H groups in total. The van der Waals surface area contributed by atoms with Gasteiger partial charge in [-0.1, -0.05) is 6.92 Å². The third-order valence-corrected chi connectivity index (χ3v) is 2.31. The fourth-order valence-electron chi connectivity index (χ4n) is 1.43. The minimum atomic E-state index is -0.0821. The molecule has 1 heterocycles. The molecular formula is C12H20N4O2. The van der Waals surface area contributed by atoms with Crippen LogP contribution in [-0.4, -0.2) is 42.7 Å². The molecular weight excluding hydrogens is 232 g/mol. The molecule has 0 saturated heterocycles. The van der Waals surface area contributed by atoms with Gasteiger partial charge in [0.2, 0.25) is 5.91 Å². The average Bonchev–Trinajstić information content (AvgIpc) is 2.36. The Morgan fingerprint density at radius 3 is 2.89 bits per heavy atom. The summed E-state index contributed by atoms with van der Waals surface area (Å²) in [6, 6.07) is 1.86. The van der Waals surface area contributed by atoms with Gasteiger partial charge in [-0.2, -0.15) is 0 Å². The topological polar surface area (TPSA) is 76.1 Å². The molecule has 1 rings (SSSR count). The third kappa shape index (κ3) is 5.09. The van der Waals surface area contributed by atoms with Crippen molar-refractivity contribution in [2.45, 2.75) is 20.3 Å². The van der Waals surface area contributed by atoms with Crippen LogP contribution in [0.3, 0.4) is 0 Å². The molecule has 6 heteroatoms. The first-order valence-corrected chi connectivity index (χ1v) is 5.99. The smallest absolute Gasteiger partial charge is 0.239 e. The predicted octanol–water partition coefficient (Wildman–Crippen LogP) is 0.522. The van der Waals surface area contributed by atoms with Crippen molar-refractivity contribution in [2.75, 3.05) is 32.1 Å². The van der Waals surface area contributed by atoms with Crippen LogP contribution in [0.2, 0.25) is 0 Å². The van der Waals surface area contributed by atoms with E-state index in [0.717, 1.165) is 12.1 Å². The second kappa shape index (κ2) is 7.60. The van der Waals surface area contributed by atoms with Gasteiger partial charge < -0.3 is 15.4 Å². The molecule has 18 heavy (non-hydrogen) atoms. The molecule has 1 amide bonds. The average molecular weight is 252 g/mol. The van der Waals surface area contributed by atoms with Crippen molar-refractivity contribution in [1.82, 2.24) is 15.3 Å². The minimum Gasteiger partial charge on any atom is -0.383 e. The number of methoxy groups -OCH3 is 1. The first-order chi connectivity index (χ1) is 8.65. The largest absolute Gasteiger partial charge is 0.383 e. The lowest BCUT2D eigenvalue weighted by Crippen LogP contribution is -2.32. The molecule has 6 nitrogen and oxygen atoms in total. The van der Waals surface area contributed by atoms with E-state index in [-0.39, 0.29) is 12.5 Å². The van der Waals surface area contributed by atoms with Gasteiger partial charge in [0.15, 0.2) is 0 Å². The number of aryl methyl sites for hydroxylation is 2. The Balaban J connectivity index is 2.43. The van der Waals surface area contributed by atoms with Gasteiger partial charge in [-0.3, -0.25) is 4.79 Å². The molecule has 0 aromatic carbocycles. The van der Waals surface area contributed by atoms with E-state index in [1.807, 2.05) is 19.9 Å². The fourth-order valence-corrected chi connectivity index (χ4v) is 1.43. The molecule has 1 aromatic heterocycles. The monoisotopic (exact) mass is 252 g/mol. The first-order valence-electron chi connectivity index (χ1n) is 5.99. The van der Waals surface area contributed by atoms with Crippen LogP contribution >= 0.6 is 0 Å². The molecule has 0 radical (unpaired) electrons. The summed E-state index contributed by atoms with van der Waals surface area (Å²) in [6.07, 6.45) is 0.845. The van der Waals surface area contributed by atoms with Gasteiger partial charge in [0.1, 0.15) is 11.6 Å². The summed E-state index contributed by atoms with van der Waals surface area (Å²) in [6.45, 7) is 5.09. The van der Waals surface area contributed by atoms with Crippen LogP contribution in [0, 0.1) is 6.92 Å². The van der Waals surface area contributed by atoms with Crippen molar-refractivity contribution >= 4 is 11.7 Å². The quantitative estimate of drug-likeness (QED) is 0.692. The maximum atomic E-state index is 11.5. The lowest BCUT2D eigenvalue weighted by Gasteiger charge is -2.08. The summed E-state index contributed by atoms with van der Waals surface area (Å²) >= 11 is 0. The normalized spacial score (nSPS) is 10.2. The number of anilines is 1. The van der Waals surface area contributed by atoms with Crippen molar-refractivity contribution in [3.63, 3.8) is 0 Å². The Morgan fingerprint density at radius 1 is 1.44 bits per heavy atom. The molecule has 0 aliphatic heterocycles. The molecule has 0 aliphatic rings. The van der Waals surface area contributed by atoms with E-state index in [9.17, 15) is 4.79 Å². The summed E-state index contributed by atoms with van der Waals surface area (Å²) in [4.78, 5) is 20.0. The Hall–Kier alpha value is -1.69. The summed E-state index contributed by atoms with van der Waals surface area (Å²) in [7, 11) is 1.60. The van der Waals surface area contributed by atoms with Crippen molar-refractivity contribution in [2.24, 2.45) is 0 Å². The lowest BCUT2D eigenvalue weighted by atomic mass is 10.3. The van der Waals surface area contributed by atoms with E-state index in [4.69, 9.17) is 4.74 Å². The number of hydrogen-bond acceptors (Lipinski definition) is 5. The number of rotatable bonds is 7. The van der Waals surface area contributed by atoms with Crippen LogP contribution in [0.15, 0.2) is 6.07 Å². The van der Waals surface area contributed by atoms with E-state index in [1.165, 1.54) is 0 Å². The van der Waals surface area contributed by atoms with E-state index in [0.29, 0.717) is 24.8 Å². The predicted molar refractivity (Wildman–Crippen MR) is 69.5 cm³/mol. The number of carbonyl (C=O) groups excluding carboxylic acids is 1. The highest BCUT2D eigenvalue weighted by Gasteiger charge is 2.03. The highest BCUT2D eigenvalue weighted by atomic mass is 16.5. The lowest BCUT2D eigenvalue weighted by molar-refractivity contribution is -0.119. The molecule has 0 spiro atoms. The zero-order chi connectivity index (χ0) is 13.4. The van der Waals surface area contributed by atoms with Gasteiger partial charge >= 0.3 is 0 Å². The van der Waals surface area contributed by atoms with Crippen LogP contribution in [0.4, 0.5) is 5.82 Å². The molecule has 1 aromatic rings. The SMILES string of the molecule is CCc1cc(NCC(=O)NCCOC)nc(C)n1. The van der Waals surface area contributed by atoms with Crippen LogP contribution in [-0.2, 0) is 16.0 Å². The van der Waals surface area contributed by atoms with Gasteiger partial charge in [0.25, 0.3) is 0 Å². The van der Waals surface area contributed by atoms with E-state index >= 15 is 0 Å². The number of aromatic nitrogens is 2. The Morgan fingerprint density at radius 2 is 2.22 bits per heavy atom. The Labute approximate surface area is 107 Å². The summed E-state index contributed by atoms with van der Waals surface area (Å²) in [5, 5.41) is 5.71. The van der Waals surface area contributed by atoms with Gasteiger partial charge in [-0.15, -0.1) is 0 Å². The first kappa shape index (κ1) is 14.4. The molecule has 100 valence electrons. The number of nitrogens with zero attached hydrogens (tertiary/aromatic N) is 2. The number of hydrogen-bond donors (Lipinski definition) is 2. The number of nitrogens with one attached hydrogen (secondary N) is 2. The fraction of sp³-hybridized carbons (Fsp3) is 0.583. The van der Waals surface area contributed by atoms with Gasteiger partial charge in [-0.05, 0) is 13.3 Å².